The molecule has 0 saturated carbocycles. The van der Waals surface area contributed by atoms with Gasteiger partial charge in [0.05, 0.1) is 6.61 Å². The maximum absolute atomic E-state index is 6.03. The van der Waals surface area contributed by atoms with Crippen LogP contribution in [-0.2, 0) is 4.74 Å². The molecule has 0 bridgehead atoms. The number of ether oxygens (including phenoxy) is 1. The van der Waals surface area contributed by atoms with Gasteiger partial charge < -0.3 is 10.5 Å². The first-order valence-corrected chi connectivity index (χ1v) is 5.79. The molecule has 14 heavy (non-hydrogen) atoms. The Hall–Kier alpha value is -0.120. The van der Waals surface area contributed by atoms with E-state index in [-0.39, 0.29) is 0 Å². The minimum atomic E-state index is 0.375. The van der Waals surface area contributed by atoms with E-state index in [9.17, 15) is 0 Å². The summed E-state index contributed by atoms with van der Waals surface area (Å²) >= 11 is 0. The van der Waals surface area contributed by atoms with Crippen molar-refractivity contribution in [3.8, 4) is 0 Å². The molecule has 82 valence electrons. The molecule has 0 aromatic rings. The van der Waals surface area contributed by atoms with E-state index in [1.54, 1.807) is 0 Å². The lowest BCUT2D eigenvalue weighted by Crippen LogP contribution is -2.44. The van der Waals surface area contributed by atoms with Gasteiger partial charge in [0, 0.05) is 31.3 Å². The fraction of sp³-hybridized carbons (Fsp3) is 1.00. The standard InChI is InChI=1S/C11H22N2O/c1-8(10-4-6-14-7-10)13-5-3-11(12)9(13)2/h8-11H,3-7,12H2,1-2H3. The fourth-order valence-electron chi connectivity index (χ4n) is 2.77. The van der Waals surface area contributed by atoms with Crippen LogP contribution in [0.4, 0.5) is 0 Å². The predicted octanol–water partition coefficient (Wildman–Crippen LogP) is 0.833. The maximum atomic E-state index is 6.03. The molecule has 4 unspecified atom stereocenters. The average molecular weight is 198 g/mol. The van der Waals surface area contributed by atoms with Crippen molar-refractivity contribution in [2.75, 3.05) is 19.8 Å². The second-order valence-electron chi connectivity index (χ2n) is 4.80. The van der Waals surface area contributed by atoms with E-state index in [1.807, 2.05) is 0 Å². The molecule has 0 aliphatic carbocycles. The van der Waals surface area contributed by atoms with Gasteiger partial charge in [-0.25, -0.2) is 0 Å². The highest BCUT2D eigenvalue weighted by atomic mass is 16.5. The average Bonchev–Trinajstić information content (AvgIpc) is 2.77. The third-order valence-corrected chi connectivity index (χ3v) is 4.03. The lowest BCUT2D eigenvalue weighted by Gasteiger charge is -2.33. The summed E-state index contributed by atoms with van der Waals surface area (Å²) in [6.45, 7) is 7.64. The van der Waals surface area contributed by atoms with Crippen molar-refractivity contribution in [1.29, 1.82) is 0 Å². The van der Waals surface area contributed by atoms with Gasteiger partial charge in [-0.2, -0.15) is 0 Å². The van der Waals surface area contributed by atoms with Crippen LogP contribution in [0.1, 0.15) is 26.7 Å². The zero-order valence-electron chi connectivity index (χ0n) is 9.28. The third-order valence-electron chi connectivity index (χ3n) is 4.03. The first-order valence-electron chi connectivity index (χ1n) is 5.79. The normalized spacial score (nSPS) is 41.8. The van der Waals surface area contributed by atoms with Crippen molar-refractivity contribution in [1.82, 2.24) is 4.90 Å². The predicted molar refractivity (Wildman–Crippen MR) is 57.1 cm³/mol. The van der Waals surface area contributed by atoms with Gasteiger partial charge >= 0.3 is 0 Å². The summed E-state index contributed by atoms with van der Waals surface area (Å²) in [5.41, 5.74) is 6.03. The SMILES string of the molecule is CC1C(N)CCN1C(C)C1CCOC1. The summed E-state index contributed by atoms with van der Waals surface area (Å²) < 4.78 is 5.44. The van der Waals surface area contributed by atoms with Crippen molar-refractivity contribution in [2.24, 2.45) is 11.7 Å². The van der Waals surface area contributed by atoms with Gasteiger partial charge in [0.15, 0.2) is 0 Å². The highest BCUT2D eigenvalue weighted by Crippen LogP contribution is 2.26. The van der Waals surface area contributed by atoms with Crippen molar-refractivity contribution in [3.63, 3.8) is 0 Å². The quantitative estimate of drug-likeness (QED) is 0.714. The van der Waals surface area contributed by atoms with Crippen LogP contribution in [-0.4, -0.2) is 42.8 Å². The second kappa shape index (κ2) is 4.17. The first kappa shape index (κ1) is 10.4. The molecule has 0 aromatic heterocycles. The molecule has 2 aliphatic heterocycles. The van der Waals surface area contributed by atoms with E-state index in [0.29, 0.717) is 18.1 Å². The maximum Gasteiger partial charge on any atom is 0.0509 e. The van der Waals surface area contributed by atoms with Crippen LogP contribution >= 0.6 is 0 Å². The summed E-state index contributed by atoms with van der Waals surface area (Å²) in [5.74, 6) is 0.725. The molecule has 2 saturated heterocycles. The number of nitrogens with zero attached hydrogens (tertiary/aromatic N) is 1. The van der Waals surface area contributed by atoms with E-state index < -0.39 is 0 Å². The van der Waals surface area contributed by atoms with E-state index in [1.165, 1.54) is 13.0 Å². The molecule has 0 amide bonds. The molecule has 2 heterocycles. The van der Waals surface area contributed by atoms with Crippen LogP contribution in [0.25, 0.3) is 0 Å². The Morgan fingerprint density at radius 1 is 1.43 bits per heavy atom. The second-order valence-corrected chi connectivity index (χ2v) is 4.80. The molecule has 4 atom stereocenters. The first-order chi connectivity index (χ1) is 6.70. The highest BCUT2D eigenvalue weighted by Gasteiger charge is 2.35. The van der Waals surface area contributed by atoms with Crippen LogP contribution in [0, 0.1) is 5.92 Å². The number of hydrogen-bond acceptors (Lipinski definition) is 3. The van der Waals surface area contributed by atoms with E-state index in [0.717, 1.165) is 25.6 Å². The zero-order valence-corrected chi connectivity index (χ0v) is 9.28. The van der Waals surface area contributed by atoms with Gasteiger partial charge in [0.25, 0.3) is 0 Å². The lowest BCUT2D eigenvalue weighted by atomic mass is 9.98. The zero-order chi connectivity index (χ0) is 10.1. The molecule has 0 radical (unpaired) electrons. The molecule has 2 aliphatic rings. The third kappa shape index (κ3) is 1.81. The van der Waals surface area contributed by atoms with Gasteiger partial charge in [-0.1, -0.05) is 0 Å². The Bertz CT molecular complexity index is 192. The molecule has 0 aromatic carbocycles. The van der Waals surface area contributed by atoms with Crippen LogP contribution in [0.3, 0.4) is 0 Å². The summed E-state index contributed by atoms with van der Waals surface area (Å²) in [6, 6.07) is 1.56. The summed E-state index contributed by atoms with van der Waals surface area (Å²) in [7, 11) is 0. The van der Waals surface area contributed by atoms with Crippen molar-refractivity contribution < 1.29 is 4.74 Å². The smallest absolute Gasteiger partial charge is 0.0509 e. The number of hydrogen-bond donors (Lipinski definition) is 1. The van der Waals surface area contributed by atoms with Crippen molar-refractivity contribution >= 4 is 0 Å². The molecule has 3 heteroatoms. The van der Waals surface area contributed by atoms with E-state index in [4.69, 9.17) is 10.5 Å². The molecule has 0 spiro atoms. The van der Waals surface area contributed by atoms with Crippen LogP contribution < -0.4 is 5.73 Å². The Morgan fingerprint density at radius 2 is 2.21 bits per heavy atom. The van der Waals surface area contributed by atoms with Gasteiger partial charge in [0.2, 0.25) is 0 Å². The van der Waals surface area contributed by atoms with Gasteiger partial charge in [-0.15, -0.1) is 0 Å². The van der Waals surface area contributed by atoms with Crippen molar-refractivity contribution in [3.05, 3.63) is 0 Å². The monoisotopic (exact) mass is 198 g/mol. The molecule has 3 nitrogen and oxygen atoms in total. The number of likely N-dealkylation sites (tertiary alicyclic amines) is 1. The molecule has 2 fully saturated rings. The summed E-state index contributed by atoms with van der Waals surface area (Å²) in [4.78, 5) is 2.56. The highest BCUT2D eigenvalue weighted by molar-refractivity contribution is 4.91. The van der Waals surface area contributed by atoms with E-state index in [2.05, 4.69) is 18.7 Å². The van der Waals surface area contributed by atoms with Gasteiger partial charge in [-0.3, -0.25) is 4.90 Å². The van der Waals surface area contributed by atoms with Crippen LogP contribution in [0.5, 0.6) is 0 Å². The Morgan fingerprint density at radius 3 is 2.71 bits per heavy atom. The van der Waals surface area contributed by atoms with Crippen LogP contribution in [0.15, 0.2) is 0 Å². The summed E-state index contributed by atoms with van der Waals surface area (Å²) in [5, 5.41) is 0. The van der Waals surface area contributed by atoms with Crippen molar-refractivity contribution in [2.45, 2.75) is 44.8 Å². The molecule has 2 N–H and O–H groups in total. The Labute approximate surface area is 86.6 Å². The Balaban J connectivity index is 1.93. The van der Waals surface area contributed by atoms with Gasteiger partial charge in [0.1, 0.15) is 0 Å². The molecular formula is C11H22N2O. The fourth-order valence-corrected chi connectivity index (χ4v) is 2.77. The summed E-state index contributed by atoms with van der Waals surface area (Å²) in [6.07, 6.45) is 2.37. The minimum absolute atomic E-state index is 0.375. The molecule has 2 rings (SSSR count). The van der Waals surface area contributed by atoms with E-state index >= 15 is 0 Å². The number of nitrogens with two attached hydrogens (primary N) is 1. The minimum Gasteiger partial charge on any atom is -0.381 e. The lowest BCUT2D eigenvalue weighted by molar-refractivity contribution is 0.121. The van der Waals surface area contributed by atoms with Gasteiger partial charge in [-0.05, 0) is 32.6 Å². The largest absolute Gasteiger partial charge is 0.381 e. The van der Waals surface area contributed by atoms with Crippen LogP contribution in [0.2, 0.25) is 0 Å². The Kier molecular flexibility index (Phi) is 3.10. The molecular weight excluding hydrogens is 176 g/mol. The topological polar surface area (TPSA) is 38.5 Å². The number of rotatable bonds is 2.